The monoisotopic (exact) mass is 444 g/mol. The van der Waals surface area contributed by atoms with Gasteiger partial charge in [-0.25, -0.2) is 5.01 Å². The second kappa shape index (κ2) is 7.62. The van der Waals surface area contributed by atoms with E-state index in [4.69, 9.17) is 24.0 Å². The average molecular weight is 444 g/mol. The summed E-state index contributed by atoms with van der Waals surface area (Å²) in [7, 11) is 1.63. The molecule has 1 spiro atoms. The first-order valence-electron chi connectivity index (χ1n) is 10.7. The molecular formula is C24H26F2N2O4. The number of para-hydroxylation sites is 2. The van der Waals surface area contributed by atoms with Crippen LogP contribution in [0.1, 0.15) is 50.3 Å². The van der Waals surface area contributed by atoms with E-state index in [0.717, 1.165) is 5.56 Å². The van der Waals surface area contributed by atoms with Crippen LogP contribution in [0.3, 0.4) is 0 Å². The molecule has 1 fully saturated rings. The molecule has 3 aliphatic rings. The molecule has 0 N–H and O–H groups in total. The maximum atomic E-state index is 13.0. The van der Waals surface area contributed by atoms with Crippen LogP contribution in [0.15, 0.2) is 47.6 Å². The molecule has 1 saturated heterocycles. The van der Waals surface area contributed by atoms with Crippen LogP contribution in [0.5, 0.6) is 17.2 Å². The Morgan fingerprint density at radius 2 is 1.91 bits per heavy atom. The van der Waals surface area contributed by atoms with E-state index in [1.807, 2.05) is 37.1 Å². The molecule has 0 radical (unpaired) electrons. The van der Waals surface area contributed by atoms with Crippen LogP contribution in [-0.4, -0.2) is 42.4 Å². The van der Waals surface area contributed by atoms with E-state index < -0.39 is 17.9 Å². The molecule has 0 amide bonds. The Balaban J connectivity index is 1.62. The van der Waals surface area contributed by atoms with Crippen LogP contribution >= 0.6 is 0 Å². The van der Waals surface area contributed by atoms with Crippen molar-refractivity contribution in [2.45, 2.75) is 57.1 Å². The molecule has 6 nitrogen and oxygen atoms in total. The molecule has 5 rings (SSSR count). The van der Waals surface area contributed by atoms with Crippen molar-refractivity contribution in [3.05, 3.63) is 53.6 Å². The number of fused-ring (bicyclic) bond motifs is 4. The van der Waals surface area contributed by atoms with Crippen molar-refractivity contribution in [3.63, 3.8) is 0 Å². The highest BCUT2D eigenvalue weighted by molar-refractivity contribution is 6.04. The van der Waals surface area contributed by atoms with E-state index in [1.165, 1.54) is 0 Å². The molecule has 0 bridgehead atoms. The van der Waals surface area contributed by atoms with Gasteiger partial charge in [-0.2, -0.15) is 13.9 Å². The van der Waals surface area contributed by atoms with Gasteiger partial charge in [0.2, 0.25) is 5.72 Å². The third kappa shape index (κ3) is 3.46. The molecule has 2 aromatic rings. The lowest BCUT2D eigenvalue weighted by atomic mass is 9.86. The van der Waals surface area contributed by atoms with Crippen LogP contribution in [0.2, 0.25) is 0 Å². The van der Waals surface area contributed by atoms with E-state index in [0.29, 0.717) is 48.6 Å². The number of nitrogens with zero attached hydrogens (tertiary/aromatic N) is 2. The van der Waals surface area contributed by atoms with Crippen LogP contribution in [0, 0.1) is 0 Å². The molecule has 0 unspecified atom stereocenters. The highest BCUT2D eigenvalue weighted by Gasteiger charge is 2.55. The lowest BCUT2D eigenvalue weighted by molar-refractivity contribution is -0.212. The molecule has 3 aliphatic heterocycles. The maximum absolute atomic E-state index is 13.0. The summed E-state index contributed by atoms with van der Waals surface area (Å²) in [5.74, 6) is 1.50. The fraction of sp³-hybridized carbons (Fsp3) is 0.458. The lowest BCUT2D eigenvalue weighted by Crippen LogP contribution is -2.60. The standard InChI is InChI=1S/C24H26F2N2O4/c1-23(2)14-24(11-12-30-23)28-18(16-8-6-10-20(29-3)21(16)32-24)13-17(27-28)15-7-4-5-9-19(15)31-22(25)26/h4-10,18,22H,11-14H2,1-3H3/t18-,24-/m1/s1. The van der Waals surface area contributed by atoms with Gasteiger partial charge >= 0.3 is 6.61 Å². The predicted octanol–water partition coefficient (Wildman–Crippen LogP) is 5.13. The molecule has 0 aliphatic carbocycles. The van der Waals surface area contributed by atoms with Gasteiger partial charge in [0.15, 0.2) is 11.5 Å². The number of alkyl halides is 2. The fourth-order valence-electron chi connectivity index (χ4n) is 5.07. The molecular weight excluding hydrogens is 418 g/mol. The third-order valence-electron chi connectivity index (χ3n) is 6.31. The summed E-state index contributed by atoms with van der Waals surface area (Å²) in [6.07, 6.45) is 1.76. The Bertz CT molecular complexity index is 1060. The molecule has 170 valence electrons. The van der Waals surface area contributed by atoms with Gasteiger partial charge in [0.25, 0.3) is 0 Å². The fourth-order valence-corrected chi connectivity index (χ4v) is 5.07. The van der Waals surface area contributed by atoms with E-state index in [1.54, 1.807) is 31.4 Å². The minimum atomic E-state index is -2.91. The molecule has 0 aromatic heterocycles. The first kappa shape index (κ1) is 21.0. The Morgan fingerprint density at radius 1 is 1.12 bits per heavy atom. The number of halogens is 2. The number of benzene rings is 2. The van der Waals surface area contributed by atoms with E-state index in [9.17, 15) is 8.78 Å². The topological polar surface area (TPSA) is 52.5 Å². The van der Waals surface area contributed by atoms with Gasteiger partial charge in [-0.15, -0.1) is 0 Å². The summed E-state index contributed by atoms with van der Waals surface area (Å²) >= 11 is 0. The number of hydrazone groups is 1. The normalized spacial score (nSPS) is 25.8. The lowest BCUT2D eigenvalue weighted by Gasteiger charge is -2.52. The first-order chi connectivity index (χ1) is 15.3. The van der Waals surface area contributed by atoms with Gasteiger partial charge in [0.1, 0.15) is 5.75 Å². The molecule has 8 heteroatoms. The zero-order chi connectivity index (χ0) is 22.5. The van der Waals surface area contributed by atoms with Crippen molar-refractivity contribution in [1.82, 2.24) is 5.01 Å². The summed E-state index contributed by atoms with van der Waals surface area (Å²) < 4.78 is 49.1. The summed E-state index contributed by atoms with van der Waals surface area (Å²) in [4.78, 5) is 0. The van der Waals surface area contributed by atoms with Gasteiger partial charge in [-0.1, -0.05) is 24.3 Å². The Hall–Kier alpha value is -2.87. The van der Waals surface area contributed by atoms with E-state index >= 15 is 0 Å². The summed E-state index contributed by atoms with van der Waals surface area (Å²) in [6.45, 7) is 1.69. The van der Waals surface area contributed by atoms with Crippen LogP contribution in [-0.2, 0) is 4.74 Å². The summed E-state index contributed by atoms with van der Waals surface area (Å²) in [5, 5.41) is 6.96. The largest absolute Gasteiger partial charge is 0.493 e. The van der Waals surface area contributed by atoms with E-state index in [-0.39, 0.29) is 11.8 Å². The van der Waals surface area contributed by atoms with Crippen LogP contribution in [0.25, 0.3) is 0 Å². The molecule has 2 aromatic carbocycles. The number of methoxy groups -OCH3 is 1. The number of rotatable bonds is 4. The Kier molecular flexibility index (Phi) is 5.00. The molecule has 32 heavy (non-hydrogen) atoms. The van der Waals surface area contributed by atoms with Gasteiger partial charge in [0.05, 0.1) is 31.1 Å². The quantitative estimate of drug-likeness (QED) is 0.655. The van der Waals surface area contributed by atoms with Crippen molar-refractivity contribution in [1.29, 1.82) is 0 Å². The first-order valence-corrected chi connectivity index (χ1v) is 10.7. The highest BCUT2D eigenvalue weighted by atomic mass is 19.3. The second-order valence-corrected chi connectivity index (χ2v) is 8.95. The van der Waals surface area contributed by atoms with Crippen molar-refractivity contribution < 1.29 is 27.7 Å². The van der Waals surface area contributed by atoms with E-state index in [2.05, 4.69) is 0 Å². The summed E-state index contributed by atoms with van der Waals surface area (Å²) in [5.41, 5.74) is 1.08. The molecule has 0 saturated carbocycles. The van der Waals surface area contributed by atoms with Crippen molar-refractivity contribution >= 4 is 5.71 Å². The summed E-state index contributed by atoms with van der Waals surface area (Å²) in [6, 6.07) is 12.5. The maximum Gasteiger partial charge on any atom is 0.387 e. The number of hydrogen-bond acceptors (Lipinski definition) is 6. The highest BCUT2D eigenvalue weighted by Crippen LogP contribution is 2.54. The van der Waals surface area contributed by atoms with Crippen LogP contribution in [0.4, 0.5) is 8.78 Å². The average Bonchev–Trinajstić information content (AvgIpc) is 3.19. The second-order valence-electron chi connectivity index (χ2n) is 8.95. The van der Waals surface area contributed by atoms with Gasteiger partial charge in [-0.05, 0) is 32.0 Å². The minimum absolute atomic E-state index is 0.114. The Labute approximate surface area is 185 Å². The third-order valence-corrected chi connectivity index (χ3v) is 6.31. The van der Waals surface area contributed by atoms with Crippen molar-refractivity contribution in [2.24, 2.45) is 5.10 Å². The van der Waals surface area contributed by atoms with Crippen molar-refractivity contribution in [3.8, 4) is 17.2 Å². The Morgan fingerprint density at radius 3 is 2.66 bits per heavy atom. The van der Waals surface area contributed by atoms with Crippen molar-refractivity contribution in [2.75, 3.05) is 13.7 Å². The van der Waals surface area contributed by atoms with Gasteiger partial charge in [-0.3, -0.25) is 0 Å². The smallest absolute Gasteiger partial charge is 0.387 e. The SMILES string of the molecule is COc1cccc2c1O[C@@]1(CCOC(C)(C)C1)N1N=C(c3ccccc3OC(F)F)C[C@H]21. The van der Waals surface area contributed by atoms with Gasteiger partial charge in [0, 0.05) is 30.4 Å². The number of hydrogen-bond donors (Lipinski definition) is 0. The van der Waals surface area contributed by atoms with Gasteiger partial charge < -0.3 is 18.9 Å². The molecule has 2 atom stereocenters. The molecule has 3 heterocycles. The predicted molar refractivity (Wildman–Crippen MR) is 114 cm³/mol. The van der Waals surface area contributed by atoms with Crippen LogP contribution < -0.4 is 14.2 Å². The minimum Gasteiger partial charge on any atom is -0.493 e. The zero-order valence-corrected chi connectivity index (χ0v) is 18.3. The zero-order valence-electron chi connectivity index (χ0n) is 18.3. The number of ether oxygens (including phenoxy) is 4.